The van der Waals surface area contributed by atoms with Crippen LogP contribution in [0.4, 0.5) is 0 Å². The highest BCUT2D eigenvalue weighted by Crippen LogP contribution is 2.14. The average molecular weight is 312 g/mol. The minimum Gasteiger partial charge on any atom is -0.351 e. The fourth-order valence-electron chi connectivity index (χ4n) is 1.62. The molecule has 0 aromatic heterocycles. The fourth-order valence-corrected chi connectivity index (χ4v) is 2.59. The van der Waals surface area contributed by atoms with E-state index in [9.17, 15) is 9.59 Å². The van der Waals surface area contributed by atoms with Gasteiger partial charge in [-0.3, -0.25) is 14.6 Å². The van der Waals surface area contributed by atoms with Gasteiger partial charge in [0.1, 0.15) is 0 Å². The van der Waals surface area contributed by atoms with E-state index < -0.39 is 0 Å². The molecule has 2 rings (SSSR count). The van der Waals surface area contributed by atoms with Gasteiger partial charge in [-0.25, -0.2) is 0 Å². The first-order chi connectivity index (χ1) is 9.66. The average Bonchev–Trinajstić information content (AvgIpc) is 2.92. The lowest BCUT2D eigenvalue weighted by atomic mass is 10.2. The van der Waals surface area contributed by atoms with Crippen LogP contribution in [0.2, 0.25) is 5.02 Å². The zero-order chi connectivity index (χ0) is 14.4. The topological polar surface area (TPSA) is 70.6 Å². The molecule has 2 N–H and O–H groups in total. The Bertz CT molecular complexity index is 548. The molecule has 7 heteroatoms. The number of amides is 2. The van der Waals surface area contributed by atoms with Crippen molar-refractivity contribution in [1.29, 1.82) is 0 Å². The number of nitrogens with one attached hydrogen (secondary N) is 2. The molecule has 0 radical (unpaired) electrons. The lowest BCUT2D eigenvalue weighted by molar-refractivity contribution is -0.119. The monoisotopic (exact) mass is 311 g/mol. The Morgan fingerprint density at radius 2 is 2.15 bits per heavy atom. The number of carbonyl (C=O) groups is 2. The summed E-state index contributed by atoms with van der Waals surface area (Å²) in [6, 6.07) is 6.79. The van der Waals surface area contributed by atoms with E-state index in [0.29, 0.717) is 15.8 Å². The lowest BCUT2D eigenvalue weighted by Crippen LogP contribution is -2.32. The molecule has 0 unspecified atom stereocenters. The third-order valence-corrected chi connectivity index (χ3v) is 3.81. The Morgan fingerprint density at radius 3 is 2.85 bits per heavy atom. The lowest BCUT2D eigenvalue weighted by Gasteiger charge is -2.07. The summed E-state index contributed by atoms with van der Waals surface area (Å²) < 4.78 is 0. The largest absolute Gasteiger partial charge is 0.351 e. The van der Waals surface area contributed by atoms with Crippen LogP contribution in [0.5, 0.6) is 0 Å². The molecule has 0 saturated heterocycles. The number of carbonyl (C=O) groups excluding carboxylic acids is 2. The van der Waals surface area contributed by atoms with E-state index in [0.717, 1.165) is 12.3 Å². The molecule has 20 heavy (non-hydrogen) atoms. The van der Waals surface area contributed by atoms with Gasteiger partial charge in [0.2, 0.25) is 5.91 Å². The summed E-state index contributed by atoms with van der Waals surface area (Å²) in [4.78, 5) is 27.6. The van der Waals surface area contributed by atoms with Crippen LogP contribution in [0, 0.1) is 0 Å². The second kappa shape index (κ2) is 7.31. The number of halogens is 1. The molecule has 1 aromatic rings. The highest BCUT2D eigenvalue weighted by molar-refractivity contribution is 8.14. The zero-order valence-corrected chi connectivity index (χ0v) is 12.3. The summed E-state index contributed by atoms with van der Waals surface area (Å²) >= 11 is 7.44. The minimum absolute atomic E-state index is 0.155. The number of thioether (sulfide) groups is 1. The van der Waals surface area contributed by atoms with Crippen LogP contribution in [-0.4, -0.2) is 35.8 Å². The molecule has 1 aliphatic heterocycles. The number of nitrogens with zero attached hydrogens (tertiary/aromatic N) is 1. The van der Waals surface area contributed by atoms with Gasteiger partial charge in [0.05, 0.1) is 17.1 Å². The third-order valence-electron chi connectivity index (χ3n) is 2.59. The predicted molar refractivity (Wildman–Crippen MR) is 81.3 cm³/mol. The summed E-state index contributed by atoms with van der Waals surface area (Å²) in [5.41, 5.74) is 0.408. The molecule has 1 aliphatic rings. The van der Waals surface area contributed by atoms with Gasteiger partial charge in [-0.15, -0.1) is 0 Å². The van der Waals surface area contributed by atoms with Gasteiger partial charge < -0.3 is 10.6 Å². The van der Waals surface area contributed by atoms with Gasteiger partial charge in [-0.1, -0.05) is 35.5 Å². The second-order valence-corrected chi connectivity index (χ2v) is 5.56. The maximum Gasteiger partial charge on any atom is 0.252 e. The van der Waals surface area contributed by atoms with E-state index >= 15 is 0 Å². The van der Waals surface area contributed by atoms with Crippen LogP contribution in [-0.2, 0) is 4.79 Å². The first-order valence-electron chi connectivity index (χ1n) is 6.16. The maximum absolute atomic E-state index is 11.8. The normalized spacial score (nSPS) is 13.8. The fraction of sp³-hybridized carbons (Fsp3) is 0.308. The van der Waals surface area contributed by atoms with Crippen molar-refractivity contribution in [3.05, 3.63) is 34.9 Å². The summed E-state index contributed by atoms with van der Waals surface area (Å²) in [5.74, 6) is 0.465. The number of hydrogen-bond acceptors (Lipinski definition) is 4. The molecule has 0 fully saturated rings. The number of aliphatic imine (C=N–C) groups is 1. The molecule has 0 spiro atoms. The molecular weight excluding hydrogens is 298 g/mol. The standard InChI is InChI=1S/C13H14ClN3O2S/c14-10-4-2-1-3-9(10)12(19)15-6-5-11(18)17-13-16-7-8-20-13/h1-4H,5-8H2,(H,15,19)(H,16,17,18). The molecule has 106 valence electrons. The van der Waals surface area contributed by atoms with Crippen molar-refractivity contribution in [2.24, 2.45) is 4.99 Å². The van der Waals surface area contributed by atoms with Gasteiger partial charge in [-0.05, 0) is 12.1 Å². The van der Waals surface area contributed by atoms with E-state index in [-0.39, 0.29) is 24.8 Å². The first kappa shape index (κ1) is 14.9. The molecule has 0 atom stereocenters. The van der Waals surface area contributed by atoms with Crippen molar-refractivity contribution in [3.63, 3.8) is 0 Å². The van der Waals surface area contributed by atoms with Crippen molar-refractivity contribution in [1.82, 2.24) is 10.6 Å². The Hall–Kier alpha value is -1.53. The number of hydrogen-bond donors (Lipinski definition) is 2. The highest BCUT2D eigenvalue weighted by Gasteiger charge is 2.12. The van der Waals surface area contributed by atoms with Crippen molar-refractivity contribution >= 4 is 40.3 Å². The van der Waals surface area contributed by atoms with Crippen molar-refractivity contribution in [2.45, 2.75) is 6.42 Å². The summed E-state index contributed by atoms with van der Waals surface area (Å²) in [6.07, 6.45) is 0.204. The van der Waals surface area contributed by atoms with E-state index in [2.05, 4.69) is 15.6 Å². The maximum atomic E-state index is 11.8. The summed E-state index contributed by atoms with van der Waals surface area (Å²) in [5, 5.41) is 6.42. The molecule has 1 heterocycles. The molecule has 0 aliphatic carbocycles. The molecule has 0 saturated carbocycles. The highest BCUT2D eigenvalue weighted by atomic mass is 35.5. The van der Waals surface area contributed by atoms with Crippen LogP contribution >= 0.6 is 23.4 Å². The number of benzene rings is 1. The van der Waals surface area contributed by atoms with E-state index in [4.69, 9.17) is 11.6 Å². The van der Waals surface area contributed by atoms with Crippen LogP contribution < -0.4 is 10.6 Å². The number of rotatable bonds is 4. The van der Waals surface area contributed by atoms with Crippen LogP contribution in [0.1, 0.15) is 16.8 Å². The smallest absolute Gasteiger partial charge is 0.252 e. The SMILES string of the molecule is O=C(CCNC(=O)c1ccccc1Cl)NC1=NCCS1. The van der Waals surface area contributed by atoms with Crippen molar-refractivity contribution in [2.75, 3.05) is 18.8 Å². The van der Waals surface area contributed by atoms with Crippen LogP contribution in [0.3, 0.4) is 0 Å². The first-order valence-corrected chi connectivity index (χ1v) is 7.53. The molecule has 5 nitrogen and oxygen atoms in total. The Labute approximate surface area is 126 Å². The molecule has 1 aromatic carbocycles. The van der Waals surface area contributed by atoms with Crippen LogP contribution in [0.15, 0.2) is 29.3 Å². The van der Waals surface area contributed by atoms with Crippen molar-refractivity contribution in [3.8, 4) is 0 Å². The predicted octanol–water partition coefficient (Wildman–Crippen LogP) is 1.68. The minimum atomic E-state index is -0.281. The van der Waals surface area contributed by atoms with E-state index in [1.54, 1.807) is 24.3 Å². The third kappa shape index (κ3) is 4.25. The second-order valence-electron chi connectivity index (χ2n) is 4.07. The number of amidine groups is 1. The van der Waals surface area contributed by atoms with Gasteiger partial charge in [0.25, 0.3) is 5.91 Å². The molecule has 2 amide bonds. The summed E-state index contributed by atoms with van der Waals surface area (Å²) in [7, 11) is 0. The van der Waals surface area contributed by atoms with Gasteiger partial charge in [0.15, 0.2) is 5.17 Å². The van der Waals surface area contributed by atoms with Crippen molar-refractivity contribution < 1.29 is 9.59 Å². The van der Waals surface area contributed by atoms with Gasteiger partial charge >= 0.3 is 0 Å². The van der Waals surface area contributed by atoms with E-state index in [1.807, 2.05) is 0 Å². The van der Waals surface area contributed by atoms with E-state index in [1.165, 1.54) is 11.8 Å². The quantitative estimate of drug-likeness (QED) is 0.889. The Morgan fingerprint density at radius 1 is 1.35 bits per heavy atom. The summed E-state index contributed by atoms with van der Waals surface area (Å²) in [6.45, 7) is 0.997. The molecule has 0 bridgehead atoms. The molecular formula is C13H14ClN3O2S. The Balaban J connectivity index is 1.74. The van der Waals surface area contributed by atoms with Gasteiger partial charge in [0, 0.05) is 18.7 Å². The van der Waals surface area contributed by atoms with Gasteiger partial charge in [-0.2, -0.15) is 0 Å². The zero-order valence-electron chi connectivity index (χ0n) is 10.7. The Kier molecular flexibility index (Phi) is 5.43. The van der Waals surface area contributed by atoms with Crippen LogP contribution in [0.25, 0.3) is 0 Å².